The van der Waals surface area contributed by atoms with Gasteiger partial charge in [0.2, 0.25) is 5.91 Å². The van der Waals surface area contributed by atoms with Crippen molar-refractivity contribution in [2.45, 2.75) is 37.8 Å². The molecule has 5 nitrogen and oxygen atoms in total. The molecule has 0 radical (unpaired) electrons. The van der Waals surface area contributed by atoms with Crippen LogP contribution in [-0.4, -0.2) is 36.0 Å². The Hall–Kier alpha value is -1.24. The summed E-state index contributed by atoms with van der Waals surface area (Å²) in [6.45, 7) is 3.01. The summed E-state index contributed by atoms with van der Waals surface area (Å²) in [4.78, 5) is 21.6. The van der Waals surface area contributed by atoms with Crippen LogP contribution in [0.2, 0.25) is 0 Å². The van der Waals surface area contributed by atoms with Crippen LogP contribution in [0, 0.1) is 0 Å². The SMILES string of the molecule is CC(C)(NCC1CC(F)(F)C(=O)O1)C(N)=O. The van der Waals surface area contributed by atoms with Gasteiger partial charge in [0.1, 0.15) is 6.10 Å². The molecule has 0 aromatic heterocycles. The van der Waals surface area contributed by atoms with Crippen molar-refractivity contribution in [3.05, 3.63) is 0 Å². The Balaban J connectivity index is 2.48. The van der Waals surface area contributed by atoms with Gasteiger partial charge in [-0.2, -0.15) is 8.78 Å². The van der Waals surface area contributed by atoms with Crippen LogP contribution in [0.4, 0.5) is 8.78 Å². The summed E-state index contributed by atoms with van der Waals surface area (Å²) < 4.78 is 30.0. The fourth-order valence-corrected chi connectivity index (χ4v) is 1.22. The fraction of sp³-hybridized carbons (Fsp3) is 0.778. The lowest BCUT2D eigenvalue weighted by Gasteiger charge is -2.23. The summed E-state index contributed by atoms with van der Waals surface area (Å²) in [6.07, 6.45) is -1.60. The second kappa shape index (κ2) is 3.97. The Morgan fingerprint density at radius 3 is 2.62 bits per heavy atom. The molecular weight excluding hydrogens is 222 g/mol. The van der Waals surface area contributed by atoms with Gasteiger partial charge < -0.3 is 15.8 Å². The number of carbonyl (C=O) groups excluding carboxylic acids is 2. The second-order valence-electron chi connectivity index (χ2n) is 4.31. The van der Waals surface area contributed by atoms with E-state index in [-0.39, 0.29) is 6.54 Å². The molecule has 3 N–H and O–H groups in total. The van der Waals surface area contributed by atoms with E-state index in [1.165, 1.54) is 13.8 Å². The molecule has 92 valence electrons. The minimum Gasteiger partial charge on any atom is -0.456 e. The molecule has 0 aliphatic carbocycles. The average molecular weight is 236 g/mol. The zero-order chi connectivity index (χ0) is 12.6. The molecule has 1 saturated heterocycles. The average Bonchev–Trinajstić information content (AvgIpc) is 2.38. The van der Waals surface area contributed by atoms with E-state index in [1.807, 2.05) is 0 Å². The minimum absolute atomic E-state index is 0.0305. The molecular formula is C9H14F2N2O3. The molecule has 1 amide bonds. The van der Waals surface area contributed by atoms with E-state index in [2.05, 4.69) is 10.1 Å². The smallest absolute Gasteiger partial charge is 0.377 e. The van der Waals surface area contributed by atoms with Crippen molar-refractivity contribution in [3.63, 3.8) is 0 Å². The van der Waals surface area contributed by atoms with Gasteiger partial charge in [0.05, 0.1) is 12.0 Å². The van der Waals surface area contributed by atoms with Crippen LogP contribution in [0.5, 0.6) is 0 Å². The third-order valence-electron chi connectivity index (χ3n) is 2.44. The van der Waals surface area contributed by atoms with Gasteiger partial charge in [-0.1, -0.05) is 0 Å². The van der Waals surface area contributed by atoms with E-state index < -0.39 is 35.9 Å². The van der Waals surface area contributed by atoms with Crippen LogP contribution in [-0.2, 0) is 14.3 Å². The Morgan fingerprint density at radius 1 is 1.69 bits per heavy atom. The van der Waals surface area contributed by atoms with Crippen molar-refractivity contribution in [1.82, 2.24) is 5.32 Å². The van der Waals surface area contributed by atoms with Crippen molar-refractivity contribution >= 4 is 11.9 Å². The van der Waals surface area contributed by atoms with Crippen molar-refractivity contribution in [1.29, 1.82) is 0 Å². The number of rotatable bonds is 4. The van der Waals surface area contributed by atoms with Crippen molar-refractivity contribution in [2.24, 2.45) is 5.73 Å². The van der Waals surface area contributed by atoms with E-state index >= 15 is 0 Å². The topological polar surface area (TPSA) is 81.4 Å². The van der Waals surface area contributed by atoms with Gasteiger partial charge in [0, 0.05) is 6.54 Å². The number of amides is 1. The predicted octanol–water partition coefficient (Wildman–Crippen LogP) is -0.209. The number of hydrogen-bond donors (Lipinski definition) is 2. The quantitative estimate of drug-likeness (QED) is 0.662. The van der Waals surface area contributed by atoms with Crippen molar-refractivity contribution < 1.29 is 23.1 Å². The van der Waals surface area contributed by atoms with Crippen LogP contribution < -0.4 is 11.1 Å². The number of cyclic esters (lactones) is 1. The molecule has 0 aromatic rings. The fourth-order valence-electron chi connectivity index (χ4n) is 1.22. The van der Waals surface area contributed by atoms with E-state index in [0.717, 1.165) is 0 Å². The standard InChI is InChI=1S/C9H14F2N2O3/c1-8(2,6(12)14)13-4-5-3-9(10,11)7(15)16-5/h5,13H,3-4H2,1-2H3,(H2,12,14). The van der Waals surface area contributed by atoms with Gasteiger partial charge >= 0.3 is 11.9 Å². The highest BCUT2D eigenvalue weighted by Gasteiger charge is 2.50. The summed E-state index contributed by atoms with van der Waals surface area (Å²) in [6, 6.07) is 0. The zero-order valence-corrected chi connectivity index (χ0v) is 9.05. The summed E-state index contributed by atoms with van der Waals surface area (Å²) in [7, 11) is 0. The summed E-state index contributed by atoms with van der Waals surface area (Å²) in [5.41, 5.74) is 4.05. The van der Waals surface area contributed by atoms with E-state index in [0.29, 0.717) is 0 Å². The zero-order valence-electron chi connectivity index (χ0n) is 9.05. The first-order valence-corrected chi connectivity index (χ1v) is 4.79. The van der Waals surface area contributed by atoms with E-state index in [1.54, 1.807) is 0 Å². The van der Waals surface area contributed by atoms with E-state index in [9.17, 15) is 18.4 Å². The molecule has 1 heterocycles. The number of primary amides is 1. The number of nitrogens with two attached hydrogens (primary N) is 1. The van der Waals surface area contributed by atoms with E-state index in [4.69, 9.17) is 5.73 Å². The minimum atomic E-state index is -3.43. The lowest BCUT2D eigenvalue weighted by molar-refractivity contribution is -0.159. The first kappa shape index (κ1) is 12.8. The maximum absolute atomic E-state index is 12.8. The maximum Gasteiger partial charge on any atom is 0.377 e. The van der Waals surface area contributed by atoms with Crippen LogP contribution in [0.1, 0.15) is 20.3 Å². The Labute approximate surface area is 91.3 Å². The molecule has 1 unspecified atom stereocenters. The number of carbonyl (C=O) groups is 2. The Bertz CT molecular complexity index is 318. The largest absolute Gasteiger partial charge is 0.456 e. The van der Waals surface area contributed by atoms with Gasteiger partial charge in [-0.05, 0) is 13.8 Å². The first-order valence-electron chi connectivity index (χ1n) is 4.79. The lowest BCUT2D eigenvalue weighted by Crippen LogP contribution is -2.52. The number of halogens is 2. The summed E-state index contributed by atoms with van der Waals surface area (Å²) in [5, 5.41) is 2.67. The Morgan fingerprint density at radius 2 is 2.25 bits per heavy atom. The van der Waals surface area contributed by atoms with Gasteiger partial charge in [-0.3, -0.25) is 4.79 Å². The van der Waals surface area contributed by atoms with Crippen LogP contribution in [0.25, 0.3) is 0 Å². The van der Waals surface area contributed by atoms with Crippen LogP contribution in [0.3, 0.4) is 0 Å². The van der Waals surface area contributed by atoms with Crippen molar-refractivity contribution in [3.8, 4) is 0 Å². The van der Waals surface area contributed by atoms with Crippen LogP contribution >= 0.6 is 0 Å². The molecule has 7 heteroatoms. The third-order valence-corrected chi connectivity index (χ3v) is 2.44. The number of hydrogen-bond acceptors (Lipinski definition) is 4. The summed E-state index contributed by atoms with van der Waals surface area (Å²) in [5.74, 6) is -5.55. The number of esters is 1. The number of ether oxygens (including phenoxy) is 1. The van der Waals surface area contributed by atoms with Gasteiger partial charge in [-0.15, -0.1) is 0 Å². The second-order valence-corrected chi connectivity index (χ2v) is 4.31. The highest BCUT2D eigenvalue weighted by Crippen LogP contribution is 2.30. The van der Waals surface area contributed by atoms with Gasteiger partial charge in [0.25, 0.3) is 0 Å². The molecule has 1 atom stereocenters. The molecule has 0 bridgehead atoms. The highest BCUT2D eigenvalue weighted by atomic mass is 19.3. The highest BCUT2D eigenvalue weighted by molar-refractivity contribution is 5.83. The third kappa shape index (κ3) is 2.66. The molecule has 1 aliphatic heterocycles. The number of nitrogens with one attached hydrogen (secondary N) is 1. The molecule has 1 rings (SSSR count). The molecule has 1 fully saturated rings. The molecule has 1 aliphatic rings. The molecule has 0 aromatic carbocycles. The van der Waals surface area contributed by atoms with Crippen LogP contribution in [0.15, 0.2) is 0 Å². The maximum atomic E-state index is 12.8. The van der Waals surface area contributed by atoms with Crippen molar-refractivity contribution in [2.75, 3.05) is 6.54 Å². The van der Waals surface area contributed by atoms with Gasteiger partial charge in [-0.25, -0.2) is 4.79 Å². The monoisotopic (exact) mass is 236 g/mol. The lowest BCUT2D eigenvalue weighted by atomic mass is 10.0. The molecule has 0 spiro atoms. The van der Waals surface area contributed by atoms with Gasteiger partial charge in [0.15, 0.2) is 0 Å². The normalized spacial score (nSPS) is 24.2. The Kier molecular flexibility index (Phi) is 3.18. The molecule has 0 saturated carbocycles. The first-order chi connectivity index (χ1) is 7.15. The molecule has 16 heavy (non-hydrogen) atoms. The summed E-state index contributed by atoms with van der Waals surface area (Å²) >= 11 is 0. The number of alkyl halides is 2. The predicted molar refractivity (Wildman–Crippen MR) is 50.7 cm³/mol.